The predicted octanol–water partition coefficient (Wildman–Crippen LogP) is 2.78. The second kappa shape index (κ2) is 2.65. The highest BCUT2D eigenvalue weighted by Gasteiger charge is 1.94. The maximum absolute atomic E-state index is 12.6. The molecular formula is C9H9F. The van der Waals surface area contributed by atoms with Crippen molar-refractivity contribution in [2.45, 2.75) is 6.92 Å². The zero-order valence-corrected chi connectivity index (χ0v) is 5.89. The van der Waals surface area contributed by atoms with Crippen LogP contribution in [0.2, 0.25) is 0 Å². The Morgan fingerprint density at radius 2 is 2.20 bits per heavy atom. The molecule has 0 bridgehead atoms. The Morgan fingerprint density at radius 1 is 1.50 bits per heavy atom. The summed E-state index contributed by atoms with van der Waals surface area (Å²) in [5, 5.41) is 0. The molecule has 0 heterocycles. The standard InChI is InChI=1S/C9H9F/c1-3-8-4-5-9(10)7(2)6-8/h3-6H,1H2,2H3. The molecule has 0 aliphatic carbocycles. The number of hydrogen-bond donors (Lipinski definition) is 0. The van der Waals surface area contributed by atoms with Gasteiger partial charge in [0.1, 0.15) is 5.82 Å². The molecule has 0 nitrogen and oxygen atoms in total. The summed E-state index contributed by atoms with van der Waals surface area (Å²) in [6.07, 6.45) is 1.70. The minimum atomic E-state index is -0.161. The molecule has 0 unspecified atom stereocenters. The van der Waals surface area contributed by atoms with Crippen LogP contribution >= 0.6 is 0 Å². The van der Waals surface area contributed by atoms with Gasteiger partial charge in [0, 0.05) is 0 Å². The van der Waals surface area contributed by atoms with E-state index >= 15 is 0 Å². The van der Waals surface area contributed by atoms with E-state index in [4.69, 9.17) is 0 Å². The largest absolute Gasteiger partial charge is 0.207 e. The number of halogens is 1. The first-order chi connectivity index (χ1) is 4.74. The molecule has 0 aliphatic heterocycles. The minimum absolute atomic E-state index is 0.161. The molecule has 0 saturated carbocycles. The quantitative estimate of drug-likeness (QED) is 0.556. The van der Waals surface area contributed by atoms with Crippen molar-refractivity contribution in [3.8, 4) is 0 Å². The van der Waals surface area contributed by atoms with Crippen LogP contribution in [0.1, 0.15) is 11.1 Å². The van der Waals surface area contributed by atoms with Gasteiger partial charge in [0.15, 0.2) is 0 Å². The second-order valence-corrected chi connectivity index (χ2v) is 2.21. The molecule has 52 valence electrons. The molecule has 1 heteroatoms. The molecule has 1 aromatic carbocycles. The molecule has 0 atom stereocenters. The van der Waals surface area contributed by atoms with Crippen molar-refractivity contribution in [1.82, 2.24) is 0 Å². The number of benzene rings is 1. The fraction of sp³-hybridized carbons (Fsp3) is 0.111. The zero-order valence-electron chi connectivity index (χ0n) is 5.89. The molecule has 0 spiro atoms. The van der Waals surface area contributed by atoms with Crippen molar-refractivity contribution in [2.24, 2.45) is 0 Å². The van der Waals surface area contributed by atoms with E-state index in [1.807, 2.05) is 0 Å². The Bertz CT molecular complexity index is 251. The molecule has 0 fully saturated rings. The van der Waals surface area contributed by atoms with Gasteiger partial charge in [0.25, 0.3) is 0 Å². The van der Waals surface area contributed by atoms with Crippen LogP contribution in [0.5, 0.6) is 0 Å². The lowest BCUT2D eigenvalue weighted by atomic mass is 10.1. The lowest BCUT2D eigenvalue weighted by molar-refractivity contribution is 0.618. The van der Waals surface area contributed by atoms with Crippen LogP contribution in [0, 0.1) is 12.7 Å². The van der Waals surface area contributed by atoms with E-state index in [0.717, 1.165) is 5.56 Å². The smallest absolute Gasteiger partial charge is 0.126 e. The summed E-state index contributed by atoms with van der Waals surface area (Å²) in [5.74, 6) is -0.161. The van der Waals surface area contributed by atoms with Gasteiger partial charge in [-0.15, -0.1) is 0 Å². The highest BCUT2D eigenvalue weighted by molar-refractivity contribution is 5.47. The van der Waals surface area contributed by atoms with Gasteiger partial charge in [-0.3, -0.25) is 0 Å². The first kappa shape index (κ1) is 7.00. The topological polar surface area (TPSA) is 0 Å². The van der Waals surface area contributed by atoms with E-state index < -0.39 is 0 Å². The summed E-state index contributed by atoms with van der Waals surface area (Å²) in [5.41, 5.74) is 1.62. The number of aryl methyl sites for hydroxylation is 1. The summed E-state index contributed by atoms with van der Waals surface area (Å²) in [4.78, 5) is 0. The van der Waals surface area contributed by atoms with Crippen LogP contribution < -0.4 is 0 Å². The van der Waals surface area contributed by atoms with Gasteiger partial charge in [0.2, 0.25) is 0 Å². The third-order valence-corrected chi connectivity index (χ3v) is 1.42. The zero-order chi connectivity index (χ0) is 7.56. The molecule has 10 heavy (non-hydrogen) atoms. The Labute approximate surface area is 60.0 Å². The summed E-state index contributed by atoms with van der Waals surface area (Å²) in [7, 11) is 0. The first-order valence-electron chi connectivity index (χ1n) is 3.12. The van der Waals surface area contributed by atoms with E-state index in [9.17, 15) is 4.39 Å². The number of rotatable bonds is 1. The highest BCUT2D eigenvalue weighted by atomic mass is 19.1. The Kier molecular flexibility index (Phi) is 1.86. The van der Waals surface area contributed by atoms with Gasteiger partial charge < -0.3 is 0 Å². The van der Waals surface area contributed by atoms with E-state index in [2.05, 4.69) is 6.58 Å². The van der Waals surface area contributed by atoms with E-state index in [-0.39, 0.29) is 5.82 Å². The summed E-state index contributed by atoms with van der Waals surface area (Å²) in [6, 6.07) is 4.92. The molecule has 0 radical (unpaired) electrons. The molecule has 0 amide bonds. The van der Waals surface area contributed by atoms with Gasteiger partial charge in [-0.2, -0.15) is 0 Å². The molecule has 0 saturated heterocycles. The van der Waals surface area contributed by atoms with E-state index in [1.165, 1.54) is 6.07 Å². The Balaban J connectivity index is 3.16. The van der Waals surface area contributed by atoms with Crippen molar-refractivity contribution in [3.05, 3.63) is 41.7 Å². The molecule has 0 N–H and O–H groups in total. The van der Waals surface area contributed by atoms with Crippen LogP contribution in [-0.2, 0) is 0 Å². The average molecular weight is 136 g/mol. The van der Waals surface area contributed by atoms with Gasteiger partial charge in [0.05, 0.1) is 0 Å². The minimum Gasteiger partial charge on any atom is -0.207 e. The van der Waals surface area contributed by atoms with Crippen molar-refractivity contribution in [2.75, 3.05) is 0 Å². The lowest BCUT2D eigenvalue weighted by Gasteiger charge is -1.96. The molecule has 1 rings (SSSR count). The molecule has 0 aliphatic rings. The van der Waals surface area contributed by atoms with Crippen LogP contribution in [0.3, 0.4) is 0 Å². The summed E-state index contributed by atoms with van der Waals surface area (Å²) in [6.45, 7) is 5.32. The first-order valence-corrected chi connectivity index (χ1v) is 3.12. The monoisotopic (exact) mass is 136 g/mol. The number of hydrogen-bond acceptors (Lipinski definition) is 0. The van der Waals surface area contributed by atoms with E-state index in [0.29, 0.717) is 5.56 Å². The fourth-order valence-corrected chi connectivity index (χ4v) is 0.795. The Morgan fingerprint density at radius 3 is 2.70 bits per heavy atom. The lowest BCUT2D eigenvalue weighted by Crippen LogP contribution is -1.81. The maximum atomic E-state index is 12.6. The SMILES string of the molecule is C=Cc1ccc(F)c(C)c1. The Hall–Kier alpha value is -1.11. The molecule has 0 aromatic heterocycles. The van der Waals surface area contributed by atoms with Gasteiger partial charge in [-0.25, -0.2) is 4.39 Å². The van der Waals surface area contributed by atoms with Gasteiger partial charge in [-0.1, -0.05) is 18.7 Å². The van der Waals surface area contributed by atoms with Crippen LogP contribution in [0.15, 0.2) is 24.8 Å². The predicted molar refractivity (Wildman–Crippen MR) is 41.2 cm³/mol. The van der Waals surface area contributed by atoms with Gasteiger partial charge >= 0.3 is 0 Å². The average Bonchev–Trinajstić information content (AvgIpc) is 1.95. The van der Waals surface area contributed by atoms with Crippen molar-refractivity contribution in [1.29, 1.82) is 0 Å². The van der Waals surface area contributed by atoms with Crippen LogP contribution in [0.4, 0.5) is 4.39 Å². The van der Waals surface area contributed by atoms with Crippen molar-refractivity contribution < 1.29 is 4.39 Å². The van der Waals surface area contributed by atoms with Crippen LogP contribution in [0.25, 0.3) is 6.08 Å². The normalized spacial score (nSPS) is 9.40. The maximum Gasteiger partial charge on any atom is 0.126 e. The highest BCUT2D eigenvalue weighted by Crippen LogP contribution is 2.09. The molecule has 1 aromatic rings. The van der Waals surface area contributed by atoms with Crippen LogP contribution in [-0.4, -0.2) is 0 Å². The van der Waals surface area contributed by atoms with E-state index in [1.54, 1.807) is 25.1 Å². The molecular weight excluding hydrogens is 127 g/mol. The summed E-state index contributed by atoms with van der Waals surface area (Å²) < 4.78 is 12.6. The second-order valence-electron chi connectivity index (χ2n) is 2.21. The third kappa shape index (κ3) is 1.24. The third-order valence-electron chi connectivity index (χ3n) is 1.42. The fourth-order valence-electron chi connectivity index (χ4n) is 0.795. The van der Waals surface area contributed by atoms with Crippen molar-refractivity contribution >= 4 is 6.08 Å². The van der Waals surface area contributed by atoms with Gasteiger partial charge in [-0.05, 0) is 30.2 Å². The summed E-state index contributed by atoms with van der Waals surface area (Å²) >= 11 is 0. The van der Waals surface area contributed by atoms with Crippen molar-refractivity contribution in [3.63, 3.8) is 0 Å².